The fourth-order valence-electron chi connectivity index (χ4n) is 0.832. The van der Waals surface area contributed by atoms with Crippen LogP contribution in [-0.2, 0) is 9.24 Å². The number of nitrogens with one attached hydrogen (secondary N) is 1. The van der Waals surface area contributed by atoms with E-state index < -0.39 is 14.2 Å². The van der Waals surface area contributed by atoms with Crippen molar-refractivity contribution in [3.05, 3.63) is 33.3 Å². The second-order valence-corrected chi connectivity index (χ2v) is 5.17. The van der Waals surface area contributed by atoms with Crippen LogP contribution in [0.25, 0.3) is 0 Å². The molecule has 0 unspecified atom stereocenters. The highest BCUT2D eigenvalue weighted by molar-refractivity contribution is 8.14. The summed E-state index contributed by atoms with van der Waals surface area (Å²) in [6.45, 7) is 0. The summed E-state index contributed by atoms with van der Waals surface area (Å²) < 4.78 is 23.2. The molecule has 0 spiro atoms. The Hall–Kier alpha value is -1.05. The molecule has 15 heavy (non-hydrogen) atoms. The van der Waals surface area contributed by atoms with Gasteiger partial charge in [-0.15, -0.1) is 0 Å². The molecule has 0 aromatic heterocycles. The molecule has 0 aliphatic heterocycles. The van der Waals surface area contributed by atoms with Crippen molar-refractivity contribution in [3.63, 3.8) is 0 Å². The number of nitrogens with zero attached hydrogens (tertiary/aromatic N) is 1. The number of nitro benzene ring substituents is 1. The van der Waals surface area contributed by atoms with Crippen molar-refractivity contribution >= 4 is 42.9 Å². The Balaban J connectivity index is 3.09. The van der Waals surface area contributed by atoms with Gasteiger partial charge in [0.1, 0.15) is 0 Å². The maximum absolute atomic E-state index is 10.6. The van der Waals surface area contributed by atoms with Gasteiger partial charge in [0.2, 0.25) is 0 Å². The molecule has 0 saturated heterocycles. The summed E-state index contributed by atoms with van der Waals surface area (Å²) in [7, 11) is 0.946. The number of benzene rings is 1. The molecule has 9 heteroatoms. The molecule has 0 aliphatic carbocycles. The summed E-state index contributed by atoms with van der Waals surface area (Å²) >= 11 is 5.59. The van der Waals surface area contributed by atoms with Gasteiger partial charge in [-0.25, -0.2) is 0 Å². The van der Waals surface area contributed by atoms with Gasteiger partial charge in [-0.3, -0.25) is 14.8 Å². The fourth-order valence-corrected chi connectivity index (χ4v) is 1.80. The molecule has 1 N–H and O–H groups in total. The maximum Gasteiger partial charge on any atom is 0.319 e. The smallest absolute Gasteiger partial charge is 0.269 e. The summed E-state index contributed by atoms with van der Waals surface area (Å²) in [5.41, 5.74) is -0.255. The summed E-state index contributed by atoms with van der Waals surface area (Å²) in [6.07, 6.45) is 0. The molecular formula is C6H4Cl2N2O4S. The van der Waals surface area contributed by atoms with Gasteiger partial charge < -0.3 is 0 Å². The van der Waals surface area contributed by atoms with E-state index in [4.69, 9.17) is 22.3 Å². The summed E-state index contributed by atoms with van der Waals surface area (Å²) in [5, 5.41) is 10.2. The maximum atomic E-state index is 10.6. The lowest BCUT2D eigenvalue weighted by Gasteiger charge is -2.03. The fraction of sp³-hybridized carbons (Fsp3) is 0. The van der Waals surface area contributed by atoms with Gasteiger partial charge in [0.05, 0.1) is 15.6 Å². The number of nitro groups is 1. The Kier molecular flexibility index (Phi) is 3.38. The zero-order valence-electron chi connectivity index (χ0n) is 6.98. The minimum Gasteiger partial charge on any atom is -0.269 e. The lowest BCUT2D eigenvalue weighted by atomic mass is 10.3. The van der Waals surface area contributed by atoms with Crippen LogP contribution in [0, 0.1) is 10.1 Å². The minimum atomic E-state index is -3.96. The van der Waals surface area contributed by atoms with Crippen molar-refractivity contribution in [1.82, 2.24) is 0 Å². The van der Waals surface area contributed by atoms with Crippen LogP contribution >= 0.6 is 22.3 Å². The summed E-state index contributed by atoms with van der Waals surface area (Å²) in [5.74, 6) is 0. The zero-order chi connectivity index (χ0) is 11.6. The van der Waals surface area contributed by atoms with Crippen molar-refractivity contribution in [2.75, 3.05) is 4.72 Å². The van der Waals surface area contributed by atoms with Crippen molar-refractivity contribution in [2.45, 2.75) is 0 Å². The van der Waals surface area contributed by atoms with Crippen LogP contribution < -0.4 is 4.72 Å². The largest absolute Gasteiger partial charge is 0.319 e. The van der Waals surface area contributed by atoms with Crippen molar-refractivity contribution in [1.29, 1.82) is 0 Å². The molecule has 0 heterocycles. The number of hydrogen-bond donors (Lipinski definition) is 1. The van der Waals surface area contributed by atoms with Crippen LogP contribution in [0.1, 0.15) is 0 Å². The van der Waals surface area contributed by atoms with Gasteiger partial charge >= 0.3 is 9.24 Å². The van der Waals surface area contributed by atoms with E-state index in [0.717, 1.165) is 18.2 Å². The van der Waals surface area contributed by atoms with E-state index in [2.05, 4.69) is 0 Å². The van der Waals surface area contributed by atoms with E-state index in [0.29, 0.717) is 0 Å². The van der Waals surface area contributed by atoms with Gasteiger partial charge in [-0.2, -0.15) is 8.42 Å². The normalized spacial score (nSPS) is 11.1. The second-order valence-electron chi connectivity index (χ2n) is 2.46. The molecule has 0 atom stereocenters. The van der Waals surface area contributed by atoms with Crippen LogP contribution in [0.5, 0.6) is 0 Å². The number of hydrogen-bond acceptors (Lipinski definition) is 4. The molecule has 0 bridgehead atoms. The highest BCUT2D eigenvalue weighted by Crippen LogP contribution is 2.27. The molecule has 0 fully saturated rings. The second kappa shape index (κ2) is 4.21. The van der Waals surface area contributed by atoms with E-state index in [1.807, 2.05) is 4.72 Å². The van der Waals surface area contributed by atoms with Gasteiger partial charge in [-0.1, -0.05) is 11.6 Å². The van der Waals surface area contributed by atoms with E-state index in [1.165, 1.54) is 0 Å². The average molecular weight is 271 g/mol. The first-order valence-corrected chi connectivity index (χ1v) is 6.14. The highest BCUT2D eigenvalue weighted by atomic mass is 35.7. The SMILES string of the molecule is O=[N+]([O-])c1ccc(NS(=O)(=O)Cl)c(Cl)c1. The van der Waals surface area contributed by atoms with Crippen LogP contribution in [0.4, 0.5) is 11.4 Å². The quantitative estimate of drug-likeness (QED) is 0.518. The summed E-state index contributed by atoms with van der Waals surface area (Å²) in [4.78, 5) is 9.68. The van der Waals surface area contributed by atoms with Crippen molar-refractivity contribution in [2.24, 2.45) is 0 Å². The highest BCUT2D eigenvalue weighted by Gasteiger charge is 2.12. The molecule has 0 aliphatic rings. The average Bonchev–Trinajstić information content (AvgIpc) is 2.05. The van der Waals surface area contributed by atoms with Gasteiger partial charge in [0.15, 0.2) is 0 Å². The first-order chi connectivity index (χ1) is 6.79. The third kappa shape index (κ3) is 3.54. The minimum absolute atomic E-state index is 0.0164. The Morgan fingerprint density at radius 3 is 2.40 bits per heavy atom. The Morgan fingerprint density at radius 2 is 2.00 bits per heavy atom. The van der Waals surface area contributed by atoms with Gasteiger partial charge in [0.25, 0.3) is 5.69 Å². The van der Waals surface area contributed by atoms with Crippen LogP contribution in [0.2, 0.25) is 5.02 Å². The lowest BCUT2D eigenvalue weighted by Crippen LogP contribution is -2.04. The number of halogens is 2. The van der Waals surface area contributed by atoms with Crippen LogP contribution in [0.3, 0.4) is 0 Å². The van der Waals surface area contributed by atoms with Crippen molar-refractivity contribution < 1.29 is 13.3 Å². The molecule has 0 saturated carbocycles. The first-order valence-electron chi connectivity index (χ1n) is 3.46. The topological polar surface area (TPSA) is 89.3 Å². The van der Waals surface area contributed by atoms with Crippen molar-refractivity contribution in [3.8, 4) is 0 Å². The number of rotatable bonds is 3. The first kappa shape index (κ1) is 12.0. The third-order valence-corrected chi connectivity index (χ3v) is 2.40. The molecule has 1 aromatic rings. The predicted octanol–water partition coefficient (Wildman–Crippen LogP) is 2.14. The Bertz CT molecular complexity index is 502. The van der Waals surface area contributed by atoms with E-state index in [1.54, 1.807) is 0 Å². The monoisotopic (exact) mass is 270 g/mol. The number of anilines is 1. The standard InChI is InChI=1S/C6H4Cl2N2O4S/c7-5-3-4(10(11)12)1-2-6(5)9-15(8,13)14/h1-3,9H. The van der Waals surface area contributed by atoms with Crippen LogP contribution in [0.15, 0.2) is 18.2 Å². The molecule has 0 amide bonds. The lowest BCUT2D eigenvalue weighted by molar-refractivity contribution is -0.384. The molecule has 82 valence electrons. The Morgan fingerprint density at radius 1 is 1.40 bits per heavy atom. The van der Waals surface area contributed by atoms with E-state index >= 15 is 0 Å². The van der Waals surface area contributed by atoms with Gasteiger partial charge in [0, 0.05) is 22.8 Å². The Labute approximate surface area is 94.5 Å². The van der Waals surface area contributed by atoms with E-state index in [-0.39, 0.29) is 16.4 Å². The molecule has 6 nitrogen and oxygen atoms in total. The molecule has 0 radical (unpaired) electrons. The third-order valence-electron chi connectivity index (χ3n) is 1.40. The number of non-ortho nitro benzene ring substituents is 1. The molecule has 1 rings (SSSR count). The predicted molar refractivity (Wildman–Crippen MR) is 56.5 cm³/mol. The molecular weight excluding hydrogens is 267 g/mol. The van der Waals surface area contributed by atoms with Crippen LogP contribution in [-0.4, -0.2) is 13.3 Å². The van der Waals surface area contributed by atoms with Gasteiger partial charge in [-0.05, 0) is 6.07 Å². The zero-order valence-corrected chi connectivity index (χ0v) is 9.30. The molecule has 1 aromatic carbocycles. The summed E-state index contributed by atoms with van der Waals surface area (Å²) in [6, 6.07) is 3.28. The van der Waals surface area contributed by atoms with E-state index in [9.17, 15) is 18.5 Å².